The predicted octanol–water partition coefficient (Wildman–Crippen LogP) is 8.09. The molecule has 4 nitrogen and oxygen atoms in total. The lowest BCUT2D eigenvalue weighted by atomic mass is 10.1. The van der Waals surface area contributed by atoms with E-state index in [0.29, 0.717) is 5.84 Å². The fraction of sp³-hybridized carbons (Fsp3) is 0. The van der Waals surface area contributed by atoms with Crippen molar-refractivity contribution in [3.05, 3.63) is 121 Å². The monoisotopic (exact) mass is 482 g/mol. The number of benzene rings is 5. The molecule has 2 aromatic heterocycles. The average Bonchev–Trinajstić information content (AvgIpc) is 3.46. The fourth-order valence-electron chi connectivity index (χ4n) is 5.00. The molecular formula is C31H22N4S. The number of nitrogens with one attached hydrogen (secondary N) is 3. The van der Waals surface area contributed by atoms with Crippen LogP contribution in [-0.4, -0.2) is 10.4 Å². The smallest absolute Gasteiger partial charge is 0.144 e. The Hall–Kier alpha value is -4.61. The lowest BCUT2D eigenvalue weighted by Crippen LogP contribution is -2.29. The minimum absolute atomic E-state index is 0.324. The maximum Gasteiger partial charge on any atom is 0.144 e. The molecule has 0 saturated carbocycles. The quantitative estimate of drug-likeness (QED) is 0.135. The van der Waals surface area contributed by atoms with E-state index < -0.39 is 0 Å². The molecule has 0 atom stereocenters. The summed E-state index contributed by atoms with van der Waals surface area (Å²) in [7, 11) is 0. The van der Waals surface area contributed by atoms with E-state index in [1.54, 1.807) is 0 Å². The van der Waals surface area contributed by atoms with Crippen LogP contribution in [0.3, 0.4) is 0 Å². The van der Waals surface area contributed by atoms with Gasteiger partial charge in [-0.1, -0.05) is 72.8 Å². The zero-order valence-corrected chi connectivity index (χ0v) is 20.1. The SMILES string of the molecule is N=C(NNc1cccc(-n2c3ccccc3c3cc4c(cc32)sc2ccccc24)c1)c1ccccc1. The first-order valence-electron chi connectivity index (χ1n) is 11.9. The molecule has 0 bridgehead atoms. The molecule has 0 fully saturated rings. The van der Waals surface area contributed by atoms with Crippen LogP contribution in [-0.2, 0) is 0 Å². The van der Waals surface area contributed by atoms with Crippen molar-refractivity contribution in [2.75, 3.05) is 5.43 Å². The first kappa shape index (κ1) is 20.7. The Morgan fingerprint density at radius 3 is 2.28 bits per heavy atom. The number of hydrazine groups is 1. The normalized spacial score (nSPS) is 11.4. The standard InChI is InChI=1S/C31H22N4S/c32-31(20-9-2-1-3-10-20)34-33-21-11-8-12-22(17-21)35-27-15-6-4-13-23(27)25-18-26-24-14-5-7-16-29(24)36-30(26)19-28(25)35/h1-19,33H,(H2,32,34). The summed E-state index contributed by atoms with van der Waals surface area (Å²) in [4.78, 5) is 0. The van der Waals surface area contributed by atoms with E-state index in [1.165, 1.54) is 42.0 Å². The maximum atomic E-state index is 8.33. The van der Waals surface area contributed by atoms with Gasteiger partial charge in [0.2, 0.25) is 0 Å². The van der Waals surface area contributed by atoms with Gasteiger partial charge in [0.15, 0.2) is 0 Å². The third-order valence-electron chi connectivity index (χ3n) is 6.67. The van der Waals surface area contributed by atoms with Crippen molar-refractivity contribution in [1.29, 1.82) is 5.41 Å². The molecule has 7 rings (SSSR count). The second kappa shape index (κ2) is 8.26. The first-order chi connectivity index (χ1) is 17.8. The molecule has 2 heterocycles. The van der Waals surface area contributed by atoms with E-state index in [0.717, 1.165) is 16.9 Å². The average molecular weight is 483 g/mol. The number of hydrogen-bond acceptors (Lipinski definition) is 3. The van der Waals surface area contributed by atoms with Crippen LogP contribution < -0.4 is 10.9 Å². The summed E-state index contributed by atoms with van der Waals surface area (Å²) in [6, 6.07) is 39.9. The van der Waals surface area contributed by atoms with Crippen LogP contribution in [0.15, 0.2) is 115 Å². The third kappa shape index (κ3) is 3.33. The van der Waals surface area contributed by atoms with Crippen molar-refractivity contribution in [3.63, 3.8) is 0 Å². The molecule has 0 radical (unpaired) electrons. The molecule has 0 saturated heterocycles. The van der Waals surface area contributed by atoms with Crippen molar-refractivity contribution in [2.24, 2.45) is 0 Å². The van der Waals surface area contributed by atoms with E-state index in [4.69, 9.17) is 5.41 Å². The molecule has 0 unspecified atom stereocenters. The van der Waals surface area contributed by atoms with E-state index in [1.807, 2.05) is 53.8 Å². The van der Waals surface area contributed by atoms with Gasteiger partial charge >= 0.3 is 0 Å². The number of para-hydroxylation sites is 1. The topological polar surface area (TPSA) is 52.8 Å². The molecule has 0 amide bonds. The number of aromatic nitrogens is 1. The van der Waals surface area contributed by atoms with Crippen LogP contribution in [0.2, 0.25) is 0 Å². The summed E-state index contributed by atoms with van der Waals surface area (Å²) in [6.07, 6.45) is 0. The molecule has 0 aliphatic carbocycles. The van der Waals surface area contributed by atoms with Crippen LogP contribution >= 0.6 is 11.3 Å². The Labute approximate surface area is 211 Å². The number of nitrogens with zero attached hydrogens (tertiary/aromatic N) is 1. The molecule has 3 N–H and O–H groups in total. The fourth-order valence-corrected chi connectivity index (χ4v) is 6.12. The summed E-state index contributed by atoms with van der Waals surface area (Å²) < 4.78 is 4.94. The van der Waals surface area contributed by atoms with Gasteiger partial charge in [-0.3, -0.25) is 16.3 Å². The summed E-state index contributed by atoms with van der Waals surface area (Å²) in [6.45, 7) is 0. The maximum absolute atomic E-state index is 8.33. The summed E-state index contributed by atoms with van der Waals surface area (Å²) >= 11 is 1.84. The molecular weight excluding hydrogens is 460 g/mol. The van der Waals surface area contributed by atoms with Gasteiger partial charge in [0.05, 0.1) is 16.7 Å². The number of anilines is 1. The number of thiophene rings is 1. The van der Waals surface area contributed by atoms with E-state index in [2.05, 4.69) is 88.2 Å². The van der Waals surface area contributed by atoms with Crippen LogP contribution in [0, 0.1) is 5.41 Å². The molecule has 0 aliphatic rings. The lowest BCUT2D eigenvalue weighted by molar-refractivity contribution is 1.09. The third-order valence-corrected chi connectivity index (χ3v) is 7.80. The summed E-state index contributed by atoms with van der Waals surface area (Å²) in [5.41, 5.74) is 11.4. The highest BCUT2D eigenvalue weighted by atomic mass is 32.1. The van der Waals surface area contributed by atoms with Gasteiger partial charge in [-0.2, -0.15) is 0 Å². The highest BCUT2D eigenvalue weighted by molar-refractivity contribution is 7.25. The Morgan fingerprint density at radius 2 is 1.39 bits per heavy atom. The van der Waals surface area contributed by atoms with Crippen molar-refractivity contribution < 1.29 is 0 Å². The molecule has 0 spiro atoms. The van der Waals surface area contributed by atoms with Crippen LogP contribution in [0.25, 0.3) is 47.7 Å². The zero-order chi connectivity index (χ0) is 24.1. The summed E-state index contributed by atoms with van der Waals surface area (Å²) in [5.74, 6) is 0.324. The van der Waals surface area contributed by atoms with Gasteiger partial charge in [-0.05, 0) is 42.5 Å². The van der Waals surface area contributed by atoms with Crippen LogP contribution in [0.5, 0.6) is 0 Å². The number of hydrogen-bond donors (Lipinski definition) is 3. The highest BCUT2D eigenvalue weighted by Crippen LogP contribution is 2.40. The Morgan fingerprint density at radius 1 is 0.611 bits per heavy atom. The largest absolute Gasteiger partial charge is 0.309 e. The number of rotatable bonds is 4. The van der Waals surface area contributed by atoms with Gasteiger partial charge < -0.3 is 4.57 Å². The zero-order valence-electron chi connectivity index (χ0n) is 19.3. The van der Waals surface area contributed by atoms with Gasteiger partial charge in [0.1, 0.15) is 5.84 Å². The second-order valence-electron chi connectivity index (χ2n) is 8.86. The van der Waals surface area contributed by atoms with Gasteiger partial charge in [-0.25, -0.2) is 0 Å². The van der Waals surface area contributed by atoms with Crippen molar-refractivity contribution in [3.8, 4) is 5.69 Å². The van der Waals surface area contributed by atoms with E-state index >= 15 is 0 Å². The van der Waals surface area contributed by atoms with Crippen molar-refractivity contribution >= 4 is 64.8 Å². The van der Waals surface area contributed by atoms with E-state index in [9.17, 15) is 0 Å². The number of fused-ring (bicyclic) bond motifs is 6. The first-order valence-corrected chi connectivity index (χ1v) is 12.7. The Bertz CT molecular complexity index is 1910. The van der Waals surface area contributed by atoms with Gasteiger partial charge in [0.25, 0.3) is 0 Å². The molecule has 172 valence electrons. The van der Waals surface area contributed by atoms with E-state index in [-0.39, 0.29) is 0 Å². The van der Waals surface area contributed by atoms with Crippen molar-refractivity contribution in [2.45, 2.75) is 0 Å². The minimum atomic E-state index is 0.324. The van der Waals surface area contributed by atoms with Crippen LogP contribution in [0.4, 0.5) is 5.69 Å². The molecule has 36 heavy (non-hydrogen) atoms. The highest BCUT2D eigenvalue weighted by Gasteiger charge is 2.15. The predicted molar refractivity (Wildman–Crippen MR) is 154 cm³/mol. The molecule has 7 aromatic rings. The second-order valence-corrected chi connectivity index (χ2v) is 9.94. The molecule has 5 aromatic carbocycles. The summed E-state index contributed by atoms with van der Waals surface area (Å²) in [5, 5.41) is 13.5. The van der Waals surface area contributed by atoms with Crippen LogP contribution in [0.1, 0.15) is 5.56 Å². The Kier molecular flexibility index (Phi) is 4.76. The van der Waals surface area contributed by atoms with Gasteiger partial charge in [0, 0.05) is 42.2 Å². The number of amidine groups is 1. The van der Waals surface area contributed by atoms with Crippen molar-refractivity contribution in [1.82, 2.24) is 9.99 Å². The molecule has 0 aliphatic heterocycles. The Balaban J connectivity index is 1.35. The lowest BCUT2D eigenvalue weighted by Gasteiger charge is -2.13. The molecule has 5 heteroatoms. The van der Waals surface area contributed by atoms with Gasteiger partial charge in [-0.15, -0.1) is 11.3 Å². The minimum Gasteiger partial charge on any atom is -0.309 e.